The molecule has 1 fully saturated rings. The monoisotopic (exact) mass is 320 g/mol. The smallest absolute Gasteiger partial charge is 0.191 e. The molecule has 5 heteroatoms. The molecule has 0 unspecified atom stereocenters. The fraction of sp³-hybridized carbons (Fsp3) is 0.722. The Balaban J connectivity index is 1.62. The number of hydrogen-bond acceptors (Lipinski definition) is 3. The van der Waals surface area contributed by atoms with Crippen LogP contribution in [0.1, 0.15) is 38.9 Å². The van der Waals surface area contributed by atoms with Gasteiger partial charge in [-0.25, -0.2) is 0 Å². The van der Waals surface area contributed by atoms with Crippen molar-refractivity contribution in [1.82, 2.24) is 15.5 Å². The largest absolute Gasteiger partial charge is 0.469 e. The Kier molecular flexibility index (Phi) is 8.01. The summed E-state index contributed by atoms with van der Waals surface area (Å²) in [5, 5.41) is 6.67. The van der Waals surface area contributed by atoms with E-state index in [1.807, 2.05) is 12.1 Å². The Bertz CT molecular complexity index is 436. The summed E-state index contributed by atoms with van der Waals surface area (Å²) in [5.74, 6) is 2.82. The zero-order valence-corrected chi connectivity index (χ0v) is 14.7. The van der Waals surface area contributed by atoms with Crippen LogP contribution in [0.4, 0.5) is 0 Å². The number of hydrogen-bond donors (Lipinski definition) is 2. The average Bonchev–Trinajstić information content (AvgIpc) is 3.06. The zero-order valence-electron chi connectivity index (χ0n) is 14.7. The Hall–Kier alpha value is -1.49. The van der Waals surface area contributed by atoms with Crippen molar-refractivity contribution in [1.29, 1.82) is 0 Å². The standard InChI is InChI=1S/C18H32N4O/c1-3-19-18(21-11-7-17-6-4-15-23-17)20-10-5-12-22-13-8-16(2)9-14-22/h4,6,15-16H,3,5,7-14H2,1-2H3,(H2,19,20,21). The maximum atomic E-state index is 5.34. The van der Waals surface area contributed by atoms with Crippen LogP contribution >= 0.6 is 0 Å². The molecule has 0 bridgehead atoms. The van der Waals surface area contributed by atoms with E-state index in [1.165, 1.54) is 32.5 Å². The van der Waals surface area contributed by atoms with Crippen molar-refractivity contribution >= 4 is 5.96 Å². The summed E-state index contributed by atoms with van der Waals surface area (Å²) in [6.07, 6.45) is 6.42. The number of guanidine groups is 1. The van der Waals surface area contributed by atoms with Gasteiger partial charge in [-0.15, -0.1) is 0 Å². The third kappa shape index (κ3) is 7.08. The molecule has 0 aliphatic carbocycles. The molecule has 1 aliphatic heterocycles. The predicted molar refractivity (Wildman–Crippen MR) is 95.8 cm³/mol. The molecule has 1 aromatic rings. The molecule has 0 radical (unpaired) electrons. The fourth-order valence-electron chi connectivity index (χ4n) is 2.87. The van der Waals surface area contributed by atoms with Crippen LogP contribution in [0.15, 0.2) is 27.8 Å². The van der Waals surface area contributed by atoms with Crippen LogP contribution in [0.2, 0.25) is 0 Å². The number of aliphatic imine (C=N–C) groups is 1. The molecule has 1 saturated heterocycles. The lowest BCUT2D eigenvalue weighted by Gasteiger charge is -2.29. The number of piperidine rings is 1. The van der Waals surface area contributed by atoms with E-state index in [2.05, 4.69) is 34.4 Å². The Morgan fingerprint density at radius 1 is 1.35 bits per heavy atom. The van der Waals surface area contributed by atoms with Crippen molar-refractivity contribution in [2.75, 3.05) is 39.3 Å². The molecule has 1 aliphatic rings. The second kappa shape index (κ2) is 10.3. The molecule has 0 aromatic carbocycles. The van der Waals surface area contributed by atoms with Gasteiger partial charge < -0.3 is 20.0 Å². The van der Waals surface area contributed by atoms with Gasteiger partial charge >= 0.3 is 0 Å². The van der Waals surface area contributed by atoms with Gasteiger partial charge in [-0.1, -0.05) is 6.92 Å². The maximum Gasteiger partial charge on any atom is 0.191 e. The first-order valence-electron chi connectivity index (χ1n) is 9.05. The molecule has 5 nitrogen and oxygen atoms in total. The number of furan rings is 1. The fourth-order valence-corrected chi connectivity index (χ4v) is 2.87. The molecule has 23 heavy (non-hydrogen) atoms. The van der Waals surface area contributed by atoms with E-state index in [0.29, 0.717) is 0 Å². The lowest BCUT2D eigenvalue weighted by Crippen LogP contribution is -2.38. The minimum Gasteiger partial charge on any atom is -0.469 e. The van der Waals surface area contributed by atoms with Gasteiger partial charge in [0, 0.05) is 26.1 Å². The summed E-state index contributed by atoms with van der Waals surface area (Å²) >= 11 is 0. The lowest BCUT2D eigenvalue weighted by atomic mass is 9.99. The molecular formula is C18H32N4O. The van der Waals surface area contributed by atoms with Gasteiger partial charge in [-0.3, -0.25) is 4.99 Å². The maximum absolute atomic E-state index is 5.34. The van der Waals surface area contributed by atoms with Crippen LogP contribution in [-0.2, 0) is 6.42 Å². The number of likely N-dealkylation sites (tertiary alicyclic amines) is 1. The highest BCUT2D eigenvalue weighted by atomic mass is 16.3. The second-order valence-electron chi connectivity index (χ2n) is 6.39. The topological polar surface area (TPSA) is 52.8 Å². The van der Waals surface area contributed by atoms with Gasteiger partial charge in [0.2, 0.25) is 0 Å². The normalized spacial score (nSPS) is 17.4. The van der Waals surface area contributed by atoms with E-state index in [1.54, 1.807) is 6.26 Å². The SMILES string of the molecule is CCNC(=NCCCN1CCC(C)CC1)NCCc1ccco1. The Labute approximate surface area is 140 Å². The number of nitrogens with one attached hydrogen (secondary N) is 2. The van der Waals surface area contributed by atoms with Crippen LogP contribution in [0.3, 0.4) is 0 Å². The second-order valence-corrected chi connectivity index (χ2v) is 6.39. The van der Waals surface area contributed by atoms with Gasteiger partial charge in [0.15, 0.2) is 5.96 Å². The summed E-state index contributed by atoms with van der Waals surface area (Å²) < 4.78 is 5.34. The van der Waals surface area contributed by atoms with Crippen molar-refractivity contribution in [3.63, 3.8) is 0 Å². The minimum absolute atomic E-state index is 0.837. The van der Waals surface area contributed by atoms with Crippen LogP contribution in [0.5, 0.6) is 0 Å². The van der Waals surface area contributed by atoms with Crippen molar-refractivity contribution < 1.29 is 4.42 Å². The van der Waals surface area contributed by atoms with E-state index in [9.17, 15) is 0 Å². The molecular weight excluding hydrogens is 288 g/mol. The van der Waals surface area contributed by atoms with E-state index in [-0.39, 0.29) is 0 Å². The first-order chi connectivity index (χ1) is 11.3. The first-order valence-corrected chi connectivity index (χ1v) is 9.05. The highest BCUT2D eigenvalue weighted by molar-refractivity contribution is 5.79. The van der Waals surface area contributed by atoms with Gasteiger partial charge in [-0.2, -0.15) is 0 Å². The van der Waals surface area contributed by atoms with Gasteiger partial charge in [0.05, 0.1) is 6.26 Å². The zero-order chi connectivity index (χ0) is 16.3. The molecule has 0 spiro atoms. The molecule has 0 saturated carbocycles. The Morgan fingerprint density at radius 2 is 2.17 bits per heavy atom. The third-order valence-corrected chi connectivity index (χ3v) is 4.37. The predicted octanol–water partition coefficient (Wildman–Crippen LogP) is 2.50. The molecule has 130 valence electrons. The number of nitrogens with zero attached hydrogens (tertiary/aromatic N) is 2. The van der Waals surface area contributed by atoms with E-state index in [0.717, 1.165) is 50.1 Å². The Morgan fingerprint density at radius 3 is 2.87 bits per heavy atom. The summed E-state index contributed by atoms with van der Waals surface area (Å²) in [7, 11) is 0. The highest BCUT2D eigenvalue weighted by Crippen LogP contribution is 2.15. The van der Waals surface area contributed by atoms with E-state index < -0.39 is 0 Å². The van der Waals surface area contributed by atoms with Crippen molar-refractivity contribution in [2.45, 2.75) is 39.5 Å². The van der Waals surface area contributed by atoms with Crippen molar-refractivity contribution in [2.24, 2.45) is 10.9 Å². The molecule has 2 N–H and O–H groups in total. The molecule has 0 amide bonds. The minimum atomic E-state index is 0.837. The molecule has 0 atom stereocenters. The number of rotatable bonds is 8. The van der Waals surface area contributed by atoms with Crippen molar-refractivity contribution in [3.8, 4) is 0 Å². The van der Waals surface area contributed by atoms with Gasteiger partial charge in [-0.05, 0) is 63.9 Å². The van der Waals surface area contributed by atoms with Gasteiger partial charge in [0.25, 0.3) is 0 Å². The first kappa shape index (κ1) is 17.9. The molecule has 1 aromatic heterocycles. The summed E-state index contributed by atoms with van der Waals surface area (Å²) in [5.41, 5.74) is 0. The lowest BCUT2D eigenvalue weighted by molar-refractivity contribution is 0.192. The summed E-state index contributed by atoms with van der Waals surface area (Å²) in [4.78, 5) is 7.24. The van der Waals surface area contributed by atoms with Crippen LogP contribution in [-0.4, -0.2) is 50.1 Å². The average molecular weight is 320 g/mol. The summed E-state index contributed by atoms with van der Waals surface area (Å²) in [6, 6.07) is 3.93. The van der Waals surface area contributed by atoms with Crippen LogP contribution < -0.4 is 10.6 Å². The molecule has 2 heterocycles. The molecule has 2 rings (SSSR count). The quantitative estimate of drug-likeness (QED) is 0.439. The highest BCUT2D eigenvalue weighted by Gasteiger charge is 2.14. The van der Waals surface area contributed by atoms with Crippen LogP contribution in [0, 0.1) is 5.92 Å². The van der Waals surface area contributed by atoms with Gasteiger partial charge in [0.1, 0.15) is 5.76 Å². The van der Waals surface area contributed by atoms with Crippen LogP contribution in [0.25, 0.3) is 0 Å². The van der Waals surface area contributed by atoms with Crippen molar-refractivity contribution in [3.05, 3.63) is 24.2 Å². The van der Waals surface area contributed by atoms with E-state index in [4.69, 9.17) is 4.42 Å². The van der Waals surface area contributed by atoms with E-state index >= 15 is 0 Å². The summed E-state index contributed by atoms with van der Waals surface area (Å²) in [6.45, 7) is 10.7. The third-order valence-electron chi connectivity index (χ3n) is 4.37.